The van der Waals surface area contributed by atoms with Gasteiger partial charge in [0.25, 0.3) is 5.91 Å². The molecule has 0 spiro atoms. The van der Waals surface area contributed by atoms with Crippen molar-refractivity contribution < 1.29 is 14.1 Å². The van der Waals surface area contributed by atoms with Crippen molar-refractivity contribution in [3.05, 3.63) is 83.4 Å². The molecule has 2 aliphatic rings. The average Bonchev–Trinajstić information content (AvgIpc) is 3.19. The molecule has 4 nitrogen and oxygen atoms in total. The zero-order valence-corrected chi connectivity index (χ0v) is 26.5. The SMILES string of the molecule is CCCCCC1CCC(c2ccc(-c3ccc(C(=O)Nc4ccc(B5OC(C)(C)C(C)(C)O5)c(C)c4)cc3)cc2)CC1. The highest BCUT2D eigenvalue weighted by atomic mass is 16.7. The molecule has 2 fully saturated rings. The molecule has 1 amide bonds. The second kappa shape index (κ2) is 12.8. The summed E-state index contributed by atoms with van der Waals surface area (Å²) in [4.78, 5) is 13.0. The first kappa shape index (κ1) is 30.6. The largest absolute Gasteiger partial charge is 0.495 e. The Bertz CT molecular complexity index is 1340. The molecule has 1 saturated carbocycles. The van der Waals surface area contributed by atoms with Crippen molar-refractivity contribution in [2.75, 3.05) is 5.32 Å². The Labute approximate surface area is 253 Å². The van der Waals surface area contributed by atoms with Gasteiger partial charge in [-0.3, -0.25) is 4.79 Å². The molecule has 42 heavy (non-hydrogen) atoms. The molecule has 1 heterocycles. The minimum Gasteiger partial charge on any atom is -0.399 e. The molecular weight excluding hydrogens is 517 g/mol. The number of aryl methyl sites for hydroxylation is 1. The highest BCUT2D eigenvalue weighted by Gasteiger charge is 2.52. The fourth-order valence-electron chi connectivity index (χ4n) is 6.42. The Balaban J connectivity index is 1.16. The molecule has 222 valence electrons. The molecule has 1 aliphatic heterocycles. The van der Waals surface area contributed by atoms with Crippen LogP contribution in [0, 0.1) is 12.8 Å². The fourth-order valence-corrected chi connectivity index (χ4v) is 6.42. The van der Waals surface area contributed by atoms with E-state index in [-0.39, 0.29) is 5.91 Å². The van der Waals surface area contributed by atoms with E-state index in [9.17, 15) is 4.79 Å². The first-order valence-corrected chi connectivity index (χ1v) is 16.0. The van der Waals surface area contributed by atoms with Crippen molar-refractivity contribution in [3.8, 4) is 11.1 Å². The van der Waals surface area contributed by atoms with Gasteiger partial charge in [-0.05, 0) is 124 Å². The first-order chi connectivity index (χ1) is 20.1. The highest BCUT2D eigenvalue weighted by Crippen LogP contribution is 2.39. The molecule has 1 saturated heterocycles. The monoisotopic (exact) mass is 565 g/mol. The van der Waals surface area contributed by atoms with E-state index in [1.54, 1.807) is 0 Å². The summed E-state index contributed by atoms with van der Waals surface area (Å²) in [5.74, 6) is 1.51. The summed E-state index contributed by atoms with van der Waals surface area (Å²) in [7, 11) is -0.420. The number of amides is 1. The third-order valence-electron chi connectivity index (χ3n) is 9.96. The van der Waals surface area contributed by atoms with Crippen LogP contribution >= 0.6 is 0 Å². The normalized spacial score (nSPS) is 21.3. The number of rotatable bonds is 9. The topological polar surface area (TPSA) is 47.6 Å². The zero-order chi connectivity index (χ0) is 29.9. The highest BCUT2D eigenvalue weighted by molar-refractivity contribution is 6.62. The summed E-state index contributed by atoms with van der Waals surface area (Å²) >= 11 is 0. The zero-order valence-electron chi connectivity index (χ0n) is 26.5. The van der Waals surface area contributed by atoms with Crippen molar-refractivity contribution in [2.24, 2.45) is 5.92 Å². The molecule has 5 heteroatoms. The van der Waals surface area contributed by atoms with Gasteiger partial charge in [0.05, 0.1) is 11.2 Å². The summed E-state index contributed by atoms with van der Waals surface area (Å²) in [6.45, 7) is 12.5. The van der Waals surface area contributed by atoms with Crippen LogP contribution < -0.4 is 10.8 Å². The summed E-state index contributed by atoms with van der Waals surface area (Å²) in [6, 6.07) is 22.9. The van der Waals surface area contributed by atoms with Crippen LogP contribution in [0.5, 0.6) is 0 Å². The van der Waals surface area contributed by atoms with Crippen LogP contribution in [-0.4, -0.2) is 24.2 Å². The van der Waals surface area contributed by atoms with E-state index in [4.69, 9.17) is 9.31 Å². The maximum Gasteiger partial charge on any atom is 0.495 e. The second-order valence-electron chi connectivity index (χ2n) is 13.5. The van der Waals surface area contributed by atoms with Crippen molar-refractivity contribution in [1.29, 1.82) is 0 Å². The fraction of sp³-hybridized carbons (Fsp3) is 0.486. The lowest BCUT2D eigenvalue weighted by atomic mass is 9.76. The molecule has 5 rings (SSSR count). The smallest absolute Gasteiger partial charge is 0.399 e. The Morgan fingerprint density at radius 2 is 1.43 bits per heavy atom. The van der Waals surface area contributed by atoms with Gasteiger partial charge in [-0.2, -0.15) is 0 Å². The number of nitrogens with one attached hydrogen (secondary N) is 1. The van der Waals surface area contributed by atoms with Crippen LogP contribution in [0.25, 0.3) is 11.1 Å². The van der Waals surface area contributed by atoms with Gasteiger partial charge in [-0.1, -0.05) is 75.1 Å². The Kier molecular flexibility index (Phi) is 9.30. The number of hydrogen-bond acceptors (Lipinski definition) is 3. The number of carbonyl (C=O) groups excluding carboxylic acids is 1. The predicted octanol–water partition coefficient (Wildman–Crippen LogP) is 9.07. The summed E-state index contributed by atoms with van der Waals surface area (Å²) < 4.78 is 12.4. The molecule has 0 bridgehead atoms. The first-order valence-electron chi connectivity index (χ1n) is 16.0. The molecule has 3 aromatic rings. The Morgan fingerprint density at radius 3 is 2.00 bits per heavy atom. The standard InChI is InChI=1S/C37H48BNO3/c1-7-8-9-10-27-11-13-28(14-12-27)29-15-17-30(18-16-29)31-19-21-32(22-20-31)35(40)39-33-23-24-34(26(2)25-33)38-41-36(3,4)37(5,6)42-38/h15-25,27-28H,7-14H2,1-6H3,(H,39,40). The van der Waals surface area contributed by atoms with E-state index < -0.39 is 18.3 Å². The maximum absolute atomic E-state index is 13.0. The van der Waals surface area contributed by atoms with Gasteiger partial charge in [-0.25, -0.2) is 0 Å². The van der Waals surface area contributed by atoms with Crippen molar-refractivity contribution >= 4 is 24.2 Å². The van der Waals surface area contributed by atoms with Gasteiger partial charge in [-0.15, -0.1) is 0 Å². The molecule has 0 atom stereocenters. The number of hydrogen-bond donors (Lipinski definition) is 1. The van der Waals surface area contributed by atoms with Crippen molar-refractivity contribution in [2.45, 2.75) is 110 Å². The Hall–Kier alpha value is -2.89. The van der Waals surface area contributed by atoms with Crippen LogP contribution in [-0.2, 0) is 9.31 Å². The molecule has 3 aromatic carbocycles. The Morgan fingerprint density at radius 1 is 0.833 bits per heavy atom. The average molecular weight is 566 g/mol. The van der Waals surface area contributed by atoms with E-state index in [1.807, 2.05) is 49.4 Å². The molecule has 1 N–H and O–H groups in total. The van der Waals surface area contributed by atoms with Gasteiger partial charge < -0.3 is 14.6 Å². The van der Waals surface area contributed by atoms with Gasteiger partial charge in [0, 0.05) is 11.3 Å². The molecule has 0 unspecified atom stereocenters. The summed E-state index contributed by atoms with van der Waals surface area (Å²) in [5, 5.41) is 3.05. The van der Waals surface area contributed by atoms with E-state index in [0.717, 1.165) is 28.2 Å². The van der Waals surface area contributed by atoms with Gasteiger partial charge in [0.15, 0.2) is 0 Å². The minimum absolute atomic E-state index is 0.120. The van der Waals surface area contributed by atoms with E-state index in [2.05, 4.69) is 64.2 Å². The lowest BCUT2D eigenvalue weighted by Crippen LogP contribution is -2.41. The number of unbranched alkanes of at least 4 members (excludes halogenated alkanes) is 2. The third-order valence-corrected chi connectivity index (χ3v) is 9.96. The van der Waals surface area contributed by atoms with Crippen LogP contribution in [0.3, 0.4) is 0 Å². The van der Waals surface area contributed by atoms with Crippen molar-refractivity contribution in [3.63, 3.8) is 0 Å². The van der Waals surface area contributed by atoms with Crippen LogP contribution in [0.15, 0.2) is 66.7 Å². The summed E-state index contributed by atoms with van der Waals surface area (Å²) in [5.41, 5.74) is 6.40. The van der Waals surface area contributed by atoms with Gasteiger partial charge >= 0.3 is 7.12 Å². The second-order valence-corrected chi connectivity index (χ2v) is 13.5. The van der Waals surface area contributed by atoms with E-state index in [0.29, 0.717) is 11.5 Å². The predicted molar refractivity (Wildman–Crippen MR) is 176 cm³/mol. The van der Waals surface area contributed by atoms with E-state index >= 15 is 0 Å². The molecule has 0 aromatic heterocycles. The van der Waals surface area contributed by atoms with Crippen molar-refractivity contribution in [1.82, 2.24) is 0 Å². The van der Waals surface area contributed by atoms with Crippen LogP contribution in [0.2, 0.25) is 0 Å². The van der Waals surface area contributed by atoms with Gasteiger partial charge in [0.2, 0.25) is 0 Å². The third kappa shape index (κ3) is 6.84. The van der Waals surface area contributed by atoms with E-state index in [1.165, 1.54) is 62.5 Å². The molecule has 0 radical (unpaired) electrons. The maximum atomic E-state index is 13.0. The quantitative estimate of drug-likeness (QED) is 0.208. The van der Waals surface area contributed by atoms with Gasteiger partial charge in [0.1, 0.15) is 0 Å². The molecular formula is C37H48BNO3. The van der Waals surface area contributed by atoms with Crippen LogP contribution in [0.1, 0.15) is 113 Å². The van der Waals surface area contributed by atoms with Crippen LogP contribution in [0.4, 0.5) is 5.69 Å². The minimum atomic E-state index is -0.420. The summed E-state index contributed by atoms with van der Waals surface area (Å²) in [6.07, 6.45) is 10.9. The number of benzene rings is 3. The lowest BCUT2D eigenvalue weighted by Gasteiger charge is -2.32. The number of carbonyl (C=O) groups is 1. The number of anilines is 1. The molecule has 1 aliphatic carbocycles. The lowest BCUT2D eigenvalue weighted by molar-refractivity contribution is 0.00578.